The second-order valence-electron chi connectivity index (χ2n) is 6.00. The summed E-state index contributed by atoms with van der Waals surface area (Å²) < 4.78 is 12.4. The highest BCUT2D eigenvalue weighted by Gasteiger charge is 2.33. The number of benzene rings is 1. The summed E-state index contributed by atoms with van der Waals surface area (Å²) in [5.74, 6) is -0.0110. The molecule has 0 radical (unpaired) electrons. The van der Waals surface area contributed by atoms with Crippen molar-refractivity contribution in [1.82, 2.24) is 0 Å². The monoisotopic (exact) mass is 434 g/mol. The van der Waals surface area contributed by atoms with Crippen molar-refractivity contribution in [2.75, 3.05) is 31.2 Å². The Labute approximate surface area is 164 Å². The minimum Gasteiger partial charge on any atom is -0.380 e. The van der Waals surface area contributed by atoms with Crippen LogP contribution in [0.1, 0.15) is 32.6 Å². The van der Waals surface area contributed by atoms with Gasteiger partial charge in [0.05, 0.1) is 12.7 Å². The third kappa shape index (κ3) is 6.87. The SMILES string of the molecule is CCCCOCCN(C(=O)[C@@H]1CC[C@H](CN)O1)c1cccc(Br)c1.Cl. The van der Waals surface area contributed by atoms with Crippen molar-refractivity contribution in [3.63, 3.8) is 0 Å². The van der Waals surface area contributed by atoms with Crippen molar-refractivity contribution in [3.05, 3.63) is 28.7 Å². The molecule has 1 aliphatic rings. The summed E-state index contributed by atoms with van der Waals surface area (Å²) in [7, 11) is 0. The van der Waals surface area contributed by atoms with Crippen LogP contribution in [0.3, 0.4) is 0 Å². The average Bonchev–Trinajstić information content (AvgIpc) is 3.07. The second-order valence-corrected chi connectivity index (χ2v) is 6.91. The van der Waals surface area contributed by atoms with Gasteiger partial charge in [0.2, 0.25) is 0 Å². The number of rotatable bonds is 9. The van der Waals surface area contributed by atoms with E-state index in [0.717, 1.165) is 42.5 Å². The molecule has 2 rings (SSSR count). The maximum atomic E-state index is 12.9. The van der Waals surface area contributed by atoms with Gasteiger partial charge in [0.15, 0.2) is 0 Å². The Balaban J connectivity index is 0.00000312. The van der Waals surface area contributed by atoms with Crippen LogP contribution in [0, 0.1) is 0 Å². The third-order valence-electron chi connectivity index (χ3n) is 4.13. The normalized spacial score (nSPS) is 19.5. The summed E-state index contributed by atoms with van der Waals surface area (Å²) in [5.41, 5.74) is 6.51. The fourth-order valence-electron chi connectivity index (χ4n) is 2.75. The van der Waals surface area contributed by atoms with E-state index >= 15 is 0 Å². The first-order valence-electron chi connectivity index (χ1n) is 8.66. The van der Waals surface area contributed by atoms with E-state index in [2.05, 4.69) is 22.9 Å². The summed E-state index contributed by atoms with van der Waals surface area (Å²) in [6.45, 7) is 4.36. The minimum atomic E-state index is -0.409. The van der Waals surface area contributed by atoms with E-state index in [-0.39, 0.29) is 24.4 Å². The van der Waals surface area contributed by atoms with Gasteiger partial charge in [-0.3, -0.25) is 4.79 Å². The number of hydrogen-bond acceptors (Lipinski definition) is 4. The molecular formula is C18H28BrClN2O3. The lowest BCUT2D eigenvalue weighted by molar-refractivity contribution is -0.129. The van der Waals surface area contributed by atoms with E-state index in [1.54, 1.807) is 4.90 Å². The quantitative estimate of drug-likeness (QED) is 0.603. The highest BCUT2D eigenvalue weighted by atomic mass is 79.9. The van der Waals surface area contributed by atoms with Crippen LogP contribution in [0.2, 0.25) is 0 Å². The Morgan fingerprint density at radius 1 is 1.40 bits per heavy atom. The molecule has 0 bridgehead atoms. The van der Waals surface area contributed by atoms with E-state index in [0.29, 0.717) is 19.7 Å². The van der Waals surface area contributed by atoms with Gasteiger partial charge in [0, 0.05) is 29.9 Å². The van der Waals surface area contributed by atoms with Crippen LogP contribution in [-0.4, -0.2) is 44.4 Å². The third-order valence-corrected chi connectivity index (χ3v) is 4.63. The number of hydrogen-bond donors (Lipinski definition) is 1. The molecule has 1 aromatic rings. The molecule has 0 unspecified atom stereocenters. The molecule has 1 saturated heterocycles. The van der Waals surface area contributed by atoms with Crippen molar-refractivity contribution < 1.29 is 14.3 Å². The minimum absolute atomic E-state index is 0. The van der Waals surface area contributed by atoms with E-state index < -0.39 is 6.10 Å². The zero-order valence-corrected chi connectivity index (χ0v) is 17.1. The fraction of sp³-hybridized carbons (Fsp3) is 0.611. The number of nitrogens with zero attached hydrogens (tertiary/aromatic N) is 1. The van der Waals surface area contributed by atoms with Gasteiger partial charge in [-0.1, -0.05) is 35.3 Å². The molecule has 1 fully saturated rings. The zero-order chi connectivity index (χ0) is 17.4. The first kappa shape index (κ1) is 22.4. The van der Waals surface area contributed by atoms with Gasteiger partial charge < -0.3 is 20.1 Å². The van der Waals surface area contributed by atoms with Gasteiger partial charge in [-0.2, -0.15) is 0 Å². The maximum Gasteiger partial charge on any atom is 0.256 e. The van der Waals surface area contributed by atoms with Crippen LogP contribution in [0.4, 0.5) is 5.69 Å². The topological polar surface area (TPSA) is 64.8 Å². The van der Waals surface area contributed by atoms with Crippen molar-refractivity contribution in [2.24, 2.45) is 5.73 Å². The zero-order valence-electron chi connectivity index (χ0n) is 14.7. The Bertz CT molecular complexity index is 533. The van der Waals surface area contributed by atoms with Gasteiger partial charge in [-0.25, -0.2) is 0 Å². The number of unbranched alkanes of at least 4 members (excludes halogenated alkanes) is 1. The molecule has 5 nitrogen and oxygen atoms in total. The Morgan fingerprint density at radius 2 is 2.20 bits per heavy atom. The molecule has 0 aromatic heterocycles. The van der Waals surface area contributed by atoms with E-state index in [9.17, 15) is 4.79 Å². The first-order valence-corrected chi connectivity index (χ1v) is 9.45. The van der Waals surface area contributed by atoms with Gasteiger partial charge in [-0.15, -0.1) is 12.4 Å². The average molecular weight is 436 g/mol. The van der Waals surface area contributed by atoms with Gasteiger partial charge in [0.1, 0.15) is 6.10 Å². The summed E-state index contributed by atoms with van der Waals surface area (Å²) >= 11 is 3.47. The standard InChI is InChI=1S/C18H27BrN2O3.ClH/c1-2-3-10-23-11-9-21(15-6-4-5-14(19)12-15)18(22)17-8-7-16(13-20)24-17;/h4-6,12,16-17H,2-3,7-11,13,20H2,1H3;1H/t16-,17+;/m1./s1. The summed E-state index contributed by atoms with van der Waals surface area (Å²) in [4.78, 5) is 14.7. The molecule has 1 aromatic carbocycles. The molecule has 2 atom stereocenters. The van der Waals surface area contributed by atoms with Gasteiger partial charge in [-0.05, 0) is 37.5 Å². The number of amides is 1. The molecule has 1 heterocycles. The van der Waals surface area contributed by atoms with Crippen LogP contribution >= 0.6 is 28.3 Å². The van der Waals surface area contributed by atoms with Crippen molar-refractivity contribution in [3.8, 4) is 0 Å². The molecule has 0 saturated carbocycles. The van der Waals surface area contributed by atoms with Gasteiger partial charge in [0.25, 0.3) is 5.91 Å². The fourth-order valence-corrected chi connectivity index (χ4v) is 3.14. The first-order chi connectivity index (χ1) is 11.7. The van der Waals surface area contributed by atoms with Gasteiger partial charge >= 0.3 is 0 Å². The number of carbonyl (C=O) groups excluding carboxylic acids is 1. The summed E-state index contributed by atoms with van der Waals surface area (Å²) in [6.07, 6.45) is 3.28. The molecule has 25 heavy (non-hydrogen) atoms. The second kappa shape index (κ2) is 11.9. The predicted molar refractivity (Wildman–Crippen MR) is 106 cm³/mol. The molecule has 7 heteroatoms. The van der Waals surface area contributed by atoms with Crippen molar-refractivity contribution in [2.45, 2.75) is 44.8 Å². The van der Waals surface area contributed by atoms with Crippen LogP contribution in [0.5, 0.6) is 0 Å². The molecule has 0 aliphatic carbocycles. The van der Waals surface area contributed by atoms with Crippen molar-refractivity contribution in [1.29, 1.82) is 0 Å². The summed E-state index contributed by atoms with van der Waals surface area (Å²) in [6, 6.07) is 7.75. The molecule has 142 valence electrons. The maximum absolute atomic E-state index is 12.9. The Kier molecular flexibility index (Phi) is 10.6. The number of halogens is 2. The van der Waals surface area contributed by atoms with Crippen molar-refractivity contribution >= 4 is 39.9 Å². The van der Waals surface area contributed by atoms with Crippen LogP contribution in [0.15, 0.2) is 28.7 Å². The number of anilines is 1. The Hall–Kier alpha value is -0.660. The molecule has 2 N–H and O–H groups in total. The molecule has 1 aliphatic heterocycles. The largest absolute Gasteiger partial charge is 0.380 e. The van der Waals surface area contributed by atoms with E-state index in [1.165, 1.54) is 0 Å². The lowest BCUT2D eigenvalue weighted by Gasteiger charge is -2.26. The highest BCUT2D eigenvalue weighted by Crippen LogP contribution is 2.25. The molecule has 1 amide bonds. The lowest BCUT2D eigenvalue weighted by atomic mass is 10.1. The van der Waals surface area contributed by atoms with E-state index in [4.69, 9.17) is 15.2 Å². The van der Waals surface area contributed by atoms with E-state index in [1.807, 2.05) is 24.3 Å². The van der Waals surface area contributed by atoms with Crippen LogP contribution < -0.4 is 10.6 Å². The van der Waals surface area contributed by atoms with Crippen LogP contribution in [-0.2, 0) is 14.3 Å². The molecular weight excluding hydrogens is 408 g/mol. The number of ether oxygens (including phenoxy) is 2. The number of nitrogens with two attached hydrogens (primary N) is 1. The highest BCUT2D eigenvalue weighted by molar-refractivity contribution is 9.10. The Morgan fingerprint density at radius 3 is 2.84 bits per heavy atom. The summed E-state index contributed by atoms with van der Waals surface area (Å²) in [5, 5.41) is 0. The lowest BCUT2D eigenvalue weighted by Crippen LogP contribution is -2.41. The number of carbonyl (C=O) groups is 1. The van der Waals surface area contributed by atoms with Crippen LogP contribution in [0.25, 0.3) is 0 Å². The smallest absolute Gasteiger partial charge is 0.256 e. The predicted octanol–water partition coefficient (Wildman–Crippen LogP) is 3.53. The molecule has 0 spiro atoms.